The first-order valence-corrected chi connectivity index (χ1v) is 11.7. The van der Waals surface area contributed by atoms with E-state index in [9.17, 15) is 14.4 Å². The minimum absolute atomic E-state index is 0.0351. The molecule has 1 saturated carbocycles. The normalized spacial score (nSPS) is 21.2. The number of Topliss-reactive ketones (excluding diaryl/α,β-unsaturated/α-hetero) is 3. The predicted octanol–water partition coefficient (Wildman–Crippen LogP) is 4.19. The van der Waals surface area contributed by atoms with Crippen LogP contribution in [0.5, 0.6) is 0 Å². The SMILES string of the molecule is O=C1CCCC(=O)C1=C(CCc1noc2c1C(=O)CC(c1ccccc1)C2)N1CCCC1. The van der Waals surface area contributed by atoms with Crippen molar-refractivity contribution in [2.75, 3.05) is 13.1 Å². The average molecular weight is 433 g/mol. The first-order valence-electron chi connectivity index (χ1n) is 11.7. The van der Waals surface area contributed by atoms with E-state index in [0.717, 1.165) is 37.2 Å². The minimum Gasteiger partial charge on any atom is -0.374 e. The van der Waals surface area contributed by atoms with Crippen molar-refractivity contribution < 1.29 is 18.9 Å². The highest BCUT2D eigenvalue weighted by molar-refractivity contribution is 6.22. The number of ketones is 3. The van der Waals surface area contributed by atoms with E-state index >= 15 is 0 Å². The van der Waals surface area contributed by atoms with Crippen LogP contribution < -0.4 is 0 Å². The van der Waals surface area contributed by atoms with Crippen LogP contribution in [0.25, 0.3) is 0 Å². The topological polar surface area (TPSA) is 80.5 Å². The summed E-state index contributed by atoms with van der Waals surface area (Å²) in [5, 5.41) is 4.25. The van der Waals surface area contributed by atoms with Gasteiger partial charge in [0.15, 0.2) is 17.3 Å². The third-order valence-corrected chi connectivity index (χ3v) is 6.99. The number of aromatic nitrogens is 1. The lowest BCUT2D eigenvalue weighted by Crippen LogP contribution is -2.29. The van der Waals surface area contributed by atoms with Crippen LogP contribution in [0.3, 0.4) is 0 Å². The summed E-state index contributed by atoms with van der Waals surface area (Å²) >= 11 is 0. The number of allylic oxidation sites excluding steroid dienone is 2. The number of hydrogen-bond acceptors (Lipinski definition) is 6. The molecule has 1 saturated heterocycles. The summed E-state index contributed by atoms with van der Waals surface area (Å²) in [6.07, 6.45) is 5.79. The highest BCUT2D eigenvalue weighted by Gasteiger charge is 2.34. The fraction of sp³-hybridized carbons (Fsp3) is 0.462. The number of hydrogen-bond donors (Lipinski definition) is 0. The molecule has 5 rings (SSSR count). The summed E-state index contributed by atoms with van der Waals surface area (Å²) in [7, 11) is 0. The Hall–Kier alpha value is -3.02. The fourth-order valence-electron chi connectivity index (χ4n) is 5.37. The van der Waals surface area contributed by atoms with Crippen LogP contribution in [-0.4, -0.2) is 40.5 Å². The molecule has 2 aromatic rings. The molecule has 1 aliphatic heterocycles. The molecule has 0 radical (unpaired) electrons. The van der Waals surface area contributed by atoms with Crippen LogP contribution in [0, 0.1) is 0 Å². The Balaban J connectivity index is 1.39. The van der Waals surface area contributed by atoms with Gasteiger partial charge in [-0.1, -0.05) is 35.5 Å². The first kappa shape index (κ1) is 20.9. The van der Waals surface area contributed by atoms with Crippen LogP contribution in [0.15, 0.2) is 46.1 Å². The van der Waals surface area contributed by atoms with Crippen molar-refractivity contribution in [2.45, 2.75) is 63.7 Å². The van der Waals surface area contributed by atoms with Gasteiger partial charge in [-0.3, -0.25) is 14.4 Å². The molecule has 1 unspecified atom stereocenters. The lowest BCUT2D eigenvalue weighted by molar-refractivity contribution is -0.124. The maximum atomic E-state index is 13.0. The molecule has 1 atom stereocenters. The molecule has 6 nitrogen and oxygen atoms in total. The van der Waals surface area contributed by atoms with Gasteiger partial charge in [-0.05, 0) is 43.6 Å². The van der Waals surface area contributed by atoms with E-state index in [1.807, 2.05) is 30.3 Å². The van der Waals surface area contributed by atoms with Crippen LogP contribution in [0.1, 0.15) is 78.2 Å². The Morgan fingerprint density at radius 3 is 2.38 bits per heavy atom. The summed E-state index contributed by atoms with van der Waals surface area (Å²) in [6.45, 7) is 1.74. The molecular formula is C26H28N2O4. The quantitative estimate of drug-likeness (QED) is 0.521. The smallest absolute Gasteiger partial charge is 0.168 e. The molecule has 0 N–H and O–H groups in total. The van der Waals surface area contributed by atoms with Gasteiger partial charge >= 0.3 is 0 Å². The standard InChI is InChI=1S/C26H28N2O4/c29-21-9-6-10-22(30)26(21)20(28-13-4-5-14-28)12-11-19-25-23(31)15-18(16-24(25)32-27-19)17-7-2-1-3-8-17/h1-3,7-8,18H,4-6,9-16H2. The molecule has 2 heterocycles. The van der Waals surface area contributed by atoms with Crippen LogP contribution in [0.4, 0.5) is 0 Å². The lowest BCUT2D eigenvalue weighted by Gasteiger charge is -2.26. The van der Waals surface area contributed by atoms with E-state index in [2.05, 4.69) is 10.1 Å². The zero-order chi connectivity index (χ0) is 22.1. The van der Waals surface area contributed by atoms with Crippen LogP contribution in [0.2, 0.25) is 0 Å². The van der Waals surface area contributed by atoms with E-state index in [-0.39, 0.29) is 23.3 Å². The van der Waals surface area contributed by atoms with E-state index in [1.54, 1.807) is 0 Å². The molecular weight excluding hydrogens is 404 g/mol. The second-order valence-electron chi connectivity index (χ2n) is 9.08. The average Bonchev–Trinajstić information content (AvgIpc) is 3.47. The van der Waals surface area contributed by atoms with Crippen molar-refractivity contribution in [3.63, 3.8) is 0 Å². The van der Waals surface area contributed by atoms with Gasteiger partial charge in [0.25, 0.3) is 0 Å². The number of carbonyl (C=O) groups is 3. The highest BCUT2D eigenvalue weighted by atomic mass is 16.5. The third kappa shape index (κ3) is 3.94. The number of nitrogens with zero attached hydrogens (tertiary/aromatic N) is 2. The number of fused-ring (bicyclic) bond motifs is 1. The molecule has 2 aliphatic carbocycles. The molecule has 6 heteroatoms. The zero-order valence-electron chi connectivity index (χ0n) is 18.3. The molecule has 0 bridgehead atoms. The Kier molecular flexibility index (Phi) is 5.77. The van der Waals surface area contributed by atoms with Gasteiger partial charge in [0, 0.05) is 44.5 Å². The van der Waals surface area contributed by atoms with Crippen LogP contribution >= 0.6 is 0 Å². The van der Waals surface area contributed by atoms with E-state index in [4.69, 9.17) is 4.52 Å². The maximum absolute atomic E-state index is 13.0. The fourth-order valence-corrected chi connectivity index (χ4v) is 5.37. The number of benzene rings is 1. The van der Waals surface area contributed by atoms with E-state index in [1.165, 1.54) is 0 Å². The van der Waals surface area contributed by atoms with Crippen molar-refractivity contribution in [1.29, 1.82) is 0 Å². The van der Waals surface area contributed by atoms with Crippen molar-refractivity contribution in [2.24, 2.45) is 0 Å². The number of carbonyl (C=O) groups excluding carboxylic acids is 3. The Labute approximate surface area is 187 Å². The van der Waals surface area contributed by atoms with Gasteiger partial charge in [-0.15, -0.1) is 0 Å². The monoisotopic (exact) mass is 432 g/mol. The zero-order valence-corrected chi connectivity index (χ0v) is 18.3. The third-order valence-electron chi connectivity index (χ3n) is 6.99. The molecule has 0 amide bonds. The van der Waals surface area contributed by atoms with Gasteiger partial charge < -0.3 is 9.42 Å². The molecule has 2 fully saturated rings. The van der Waals surface area contributed by atoms with Crippen molar-refractivity contribution in [3.8, 4) is 0 Å². The number of aryl methyl sites for hydroxylation is 1. The largest absolute Gasteiger partial charge is 0.374 e. The van der Waals surface area contributed by atoms with Crippen molar-refractivity contribution in [3.05, 3.63) is 64.2 Å². The summed E-state index contributed by atoms with van der Waals surface area (Å²) in [6, 6.07) is 10.0. The number of likely N-dealkylation sites (tertiary alicyclic amines) is 1. The minimum atomic E-state index is -0.0351. The van der Waals surface area contributed by atoms with Gasteiger partial charge in [0.1, 0.15) is 5.76 Å². The van der Waals surface area contributed by atoms with Crippen molar-refractivity contribution in [1.82, 2.24) is 10.1 Å². The summed E-state index contributed by atoms with van der Waals surface area (Å²) in [5.41, 5.74) is 3.65. The Bertz CT molecular complexity index is 1060. The molecule has 0 spiro atoms. The van der Waals surface area contributed by atoms with E-state index < -0.39 is 0 Å². The highest BCUT2D eigenvalue weighted by Crippen LogP contribution is 2.35. The molecule has 1 aromatic carbocycles. The van der Waals surface area contributed by atoms with Gasteiger partial charge in [0.2, 0.25) is 0 Å². The molecule has 166 valence electrons. The second kappa shape index (κ2) is 8.85. The maximum Gasteiger partial charge on any atom is 0.168 e. The molecule has 32 heavy (non-hydrogen) atoms. The van der Waals surface area contributed by atoms with Gasteiger partial charge in [0.05, 0.1) is 16.8 Å². The second-order valence-corrected chi connectivity index (χ2v) is 9.08. The first-order chi connectivity index (χ1) is 15.6. The van der Waals surface area contributed by atoms with Gasteiger partial charge in [-0.2, -0.15) is 0 Å². The summed E-state index contributed by atoms with van der Waals surface area (Å²) in [4.78, 5) is 40.5. The Morgan fingerprint density at radius 1 is 0.938 bits per heavy atom. The summed E-state index contributed by atoms with van der Waals surface area (Å²) in [5.74, 6) is 0.762. The van der Waals surface area contributed by atoms with Crippen LogP contribution in [-0.2, 0) is 22.4 Å². The van der Waals surface area contributed by atoms with Gasteiger partial charge in [-0.25, -0.2) is 0 Å². The molecule has 1 aromatic heterocycles. The van der Waals surface area contributed by atoms with Crippen molar-refractivity contribution >= 4 is 17.3 Å². The molecule has 3 aliphatic rings. The Morgan fingerprint density at radius 2 is 1.66 bits per heavy atom. The lowest BCUT2D eigenvalue weighted by atomic mass is 9.81. The predicted molar refractivity (Wildman–Crippen MR) is 118 cm³/mol. The summed E-state index contributed by atoms with van der Waals surface area (Å²) < 4.78 is 5.62. The van der Waals surface area contributed by atoms with E-state index in [0.29, 0.717) is 67.5 Å². The number of rotatable bonds is 5.